The number of alkyl carbamates (subject to hydrolysis) is 1. The number of amides is 2. The standard InChI is InChI=1S/C14H16FN3O3/c15-11-6-10(7-16-8-11)12(19)18-4-1-2-14(3-5-18)9-17-13(20)21-14/h6-8H,1-5,9H2,(H,17,20). The summed E-state index contributed by atoms with van der Waals surface area (Å²) in [4.78, 5) is 29.0. The number of likely N-dealkylation sites (tertiary alicyclic amines) is 1. The van der Waals surface area contributed by atoms with Crippen LogP contribution in [0.5, 0.6) is 0 Å². The van der Waals surface area contributed by atoms with Gasteiger partial charge in [0.25, 0.3) is 5.91 Å². The number of nitrogens with zero attached hydrogens (tertiary/aromatic N) is 2. The van der Waals surface area contributed by atoms with Crippen molar-refractivity contribution in [2.24, 2.45) is 0 Å². The first-order valence-corrected chi connectivity index (χ1v) is 6.95. The number of aromatic nitrogens is 1. The van der Waals surface area contributed by atoms with Crippen LogP contribution in [0.1, 0.15) is 29.6 Å². The normalized spacial score (nSPS) is 25.4. The molecule has 1 atom stereocenters. The van der Waals surface area contributed by atoms with Crippen LogP contribution in [0.25, 0.3) is 0 Å². The van der Waals surface area contributed by atoms with E-state index in [0.717, 1.165) is 19.0 Å². The number of rotatable bonds is 1. The number of carbonyl (C=O) groups excluding carboxylic acids is 2. The molecule has 2 saturated heterocycles. The highest BCUT2D eigenvalue weighted by atomic mass is 19.1. The van der Waals surface area contributed by atoms with Gasteiger partial charge in [-0.2, -0.15) is 0 Å². The molecule has 3 heterocycles. The molecule has 1 aromatic rings. The van der Waals surface area contributed by atoms with Crippen LogP contribution < -0.4 is 5.32 Å². The molecule has 2 aliphatic rings. The van der Waals surface area contributed by atoms with Crippen LogP contribution in [-0.4, -0.2) is 47.1 Å². The summed E-state index contributed by atoms with van der Waals surface area (Å²) in [5, 5.41) is 2.67. The Bertz CT molecular complexity index is 580. The molecule has 21 heavy (non-hydrogen) atoms. The molecule has 1 aromatic heterocycles. The van der Waals surface area contributed by atoms with Crippen molar-refractivity contribution < 1.29 is 18.7 Å². The summed E-state index contributed by atoms with van der Waals surface area (Å²) in [5.41, 5.74) is -0.265. The maximum Gasteiger partial charge on any atom is 0.407 e. The second-order valence-electron chi connectivity index (χ2n) is 5.46. The van der Waals surface area contributed by atoms with Gasteiger partial charge in [0, 0.05) is 25.7 Å². The molecule has 7 heteroatoms. The van der Waals surface area contributed by atoms with E-state index in [1.54, 1.807) is 4.90 Å². The maximum absolute atomic E-state index is 13.2. The van der Waals surface area contributed by atoms with Crippen LogP contribution in [0, 0.1) is 5.82 Å². The summed E-state index contributed by atoms with van der Waals surface area (Å²) < 4.78 is 18.5. The topological polar surface area (TPSA) is 71.5 Å². The SMILES string of the molecule is O=C1NCC2(CCCN(C(=O)c3cncc(F)c3)CC2)O1. The van der Waals surface area contributed by atoms with Gasteiger partial charge in [0.1, 0.15) is 11.4 Å². The Kier molecular flexibility index (Phi) is 3.48. The molecule has 1 unspecified atom stereocenters. The number of halogens is 1. The molecule has 6 nitrogen and oxygen atoms in total. The predicted octanol–water partition coefficient (Wildman–Crippen LogP) is 1.33. The summed E-state index contributed by atoms with van der Waals surface area (Å²) in [5.74, 6) is -0.766. The Labute approximate surface area is 121 Å². The van der Waals surface area contributed by atoms with Crippen molar-refractivity contribution in [2.45, 2.75) is 24.9 Å². The molecule has 0 aromatic carbocycles. The zero-order valence-electron chi connectivity index (χ0n) is 11.5. The van der Waals surface area contributed by atoms with Gasteiger partial charge in [0.15, 0.2) is 0 Å². The minimum absolute atomic E-state index is 0.240. The molecule has 112 valence electrons. The number of pyridine rings is 1. The highest BCUT2D eigenvalue weighted by Gasteiger charge is 2.41. The van der Waals surface area contributed by atoms with E-state index in [2.05, 4.69) is 10.3 Å². The van der Waals surface area contributed by atoms with Crippen molar-refractivity contribution in [3.05, 3.63) is 29.8 Å². The number of ether oxygens (including phenoxy) is 1. The van der Waals surface area contributed by atoms with Crippen LogP contribution in [0.4, 0.5) is 9.18 Å². The van der Waals surface area contributed by atoms with E-state index in [-0.39, 0.29) is 11.5 Å². The van der Waals surface area contributed by atoms with Gasteiger partial charge in [0.05, 0.1) is 18.3 Å². The summed E-state index contributed by atoms with van der Waals surface area (Å²) in [6, 6.07) is 1.19. The fraction of sp³-hybridized carbons (Fsp3) is 0.500. The Morgan fingerprint density at radius 2 is 2.24 bits per heavy atom. The monoisotopic (exact) mass is 293 g/mol. The lowest BCUT2D eigenvalue weighted by molar-refractivity contribution is 0.0438. The van der Waals surface area contributed by atoms with Gasteiger partial charge in [0.2, 0.25) is 0 Å². The average molecular weight is 293 g/mol. The van der Waals surface area contributed by atoms with E-state index >= 15 is 0 Å². The van der Waals surface area contributed by atoms with Crippen molar-refractivity contribution in [1.82, 2.24) is 15.2 Å². The fourth-order valence-corrected chi connectivity index (χ4v) is 2.86. The van der Waals surface area contributed by atoms with Crippen LogP contribution in [-0.2, 0) is 4.74 Å². The highest BCUT2D eigenvalue weighted by molar-refractivity contribution is 5.93. The molecule has 0 aliphatic carbocycles. The van der Waals surface area contributed by atoms with Crippen molar-refractivity contribution in [3.8, 4) is 0 Å². The van der Waals surface area contributed by atoms with Gasteiger partial charge >= 0.3 is 6.09 Å². The first kappa shape index (κ1) is 13.8. The third-order valence-electron chi connectivity index (χ3n) is 4.00. The molecule has 0 radical (unpaired) electrons. The smallest absolute Gasteiger partial charge is 0.407 e. The van der Waals surface area contributed by atoms with E-state index < -0.39 is 17.5 Å². The minimum atomic E-state index is -0.527. The fourth-order valence-electron chi connectivity index (χ4n) is 2.86. The summed E-state index contributed by atoms with van der Waals surface area (Å²) in [6.45, 7) is 1.52. The number of carbonyl (C=O) groups is 2. The molecule has 0 saturated carbocycles. The van der Waals surface area contributed by atoms with Crippen LogP contribution in [0.3, 0.4) is 0 Å². The molecule has 2 fully saturated rings. The quantitative estimate of drug-likeness (QED) is 0.848. The van der Waals surface area contributed by atoms with Gasteiger partial charge < -0.3 is 15.0 Å². The van der Waals surface area contributed by atoms with E-state index in [0.29, 0.717) is 26.1 Å². The van der Waals surface area contributed by atoms with Crippen molar-refractivity contribution >= 4 is 12.0 Å². The van der Waals surface area contributed by atoms with Crippen molar-refractivity contribution in [3.63, 3.8) is 0 Å². The van der Waals surface area contributed by atoms with Gasteiger partial charge in [-0.25, -0.2) is 9.18 Å². The highest BCUT2D eigenvalue weighted by Crippen LogP contribution is 2.29. The van der Waals surface area contributed by atoms with Gasteiger partial charge in [-0.1, -0.05) is 0 Å². The molecule has 1 N–H and O–H groups in total. The van der Waals surface area contributed by atoms with Gasteiger partial charge in [-0.15, -0.1) is 0 Å². The summed E-state index contributed by atoms with van der Waals surface area (Å²) in [7, 11) is 0. The Morgan fingerprint density at radius 1 is 1.38 bits per heavy atom. The Hall–Kier alpha value is -2.18. The molecule has 2 aliphatic heterocycles. The van der Waals surface area contributed by atoms with Crippen molar-refractivity contribution in [2.75, 3.05) is 19.6 Å². The summed E-state index contributed by atoms with van der Waals surface area (Å²) >= 11 is 0. The molecule has 0 bridgehead atoms. The third kappa shape index (κ3) is 2.81. The van der Waals surface area contributed by atoms with E-state index in [4.69, 9.17) is 4.74 Å². The first-order valence-electron chi connectivity index (χ1n) is 6.95. The zero-order chi connectivity index (χ0) is 14.9. The second kappa shape index (κ2) is 5.31. The second-order valence-corrected chi connectivity index (χ2v) is 5.46. The zero-order valence-corrected chi connectivity index (χ0v) is 11.5. The van der Waals surface area contributed by atoms with Gasteiger partial charge in [-0.3, -0.25) is 9.78 Å². The minimum Gasteiger partial charge on any atom is -0.441 e. The Balaban J connectivity index is 1.70. The number of hydrogen-bond donors (Lipinski definition) is 1. The first-order chi connectivity index (χ1) is 10.1. The molecular formula is C14H16FN3O3. The lowest BCUT2D eigenvalue weighted by Gasteiger charge is -2.25. The van der Waals surface area contributed by atoms with E-state index in [9.17, 15) is 14.0 Å². The largest absolute Gasteiger partial charge is 0.441 e. The summed E-state index contributed by atoms with van der Waals surface area (Å²) in [6.07, 6.45) is 4.07. The number of hydrogen-bond acceptors (Lipinski definition) is 4. The Morgan fingerprint density at radius 3 is 2.95 bits per heavy atom. The number of nitrogens with one attached hydrogen (secondary N) is 1. The van der Waals surface area contributed by atoms with Gasteiger partial charge in [-0.05, 0) is 18.9 Å². The van der Waals surface area contributed by atoms with E-state index in [1.165, 1.54) is 12.3 Å². The lowest BCUT2D eigenvalue weighted by atomic mass is 9.95. The van der Waals surface area contributed by atoms with Crippen LogP contribution in [0.15, 0.2) is 18.5 Å². The molecular weight excluding hydrogens is 277 g/mol. The predicted molar refractivity (Wildman–Crippen MR) is 71.2 cm³/mol. The lowest BCUT2D eigenvalue weighted by Crippen LogP contribution is -2.36. The molecule has 1 spiro atoms. The maximum atomic E-state index is 13.2. The van der Waals surface area contributed by atoms with E-state index in [1.807, 2.05) is 0 Å². The average Bonchev–Trinajstić information content (AvgIpc) is 2.70. The van der Waals surface area contributed by atoms with Crippen LogP contribution in [0.2, 0.25) is 0 Å². The molecule has 3 rings (SSSR count). The van der Waals surface area contributed by atoms with Crippen LogP contribution >= 0.6 is 0 Å². The third-order valence-corrected chi connectivity index (χ3v) is 4.00. The van der Waals surface area contributed by atoms with Crippen molar-refractivity contribution in [1.29, 1.82) is 0 Å². The molecule has 2 amide bonds.